The maximum atomic E-state index is 13.1. The summed E-state index contributed by atoms with van der Waals surface area (Å²) in [5.41, 5.74) is 2.55. The van der Waals surface area contributed by atoms with Crippen LogP contribution in [0.1, 0.15) is 21.3 Å². The summed E-state index contributed by atoms with van der Waals surface area (Å²) in [5, 5.41) is 12.7. The molecule has 1 saturated heterocycles. The van der Waals surface area contributed by atoms with Crippen molar-refractivity contribution in [2.24, 2.45) is 0 Å². The van der Waals surface area contributed by atoms with E-state index in [1.54, 1.807) is 7.11 Å². The van der Waals surface area contributed by atoms with Gasteiger partial charge in [0.2, 0.25) is 0 Å². The molecule has 4 aromatic rings. The smallest absolute Gasteiger partial charge is 0.273 e. The molecule has 0 radical (unpaired) electrons. The van der Waals surface area contributed by atoms with Gasteiger partial charge >= 0.3 is 0 Å². The van der Waals surface area contributed by atoms with Crippen LogP contribution in [0.15, 0.2) is 59.1 Å². The highest BCUT2D eigenvalue weighted by Crippen LogP contribution is 2.28. The van der Waals surface area contributed by atoms with Gasteiger partial charge < -0.3 is 14.5 Å². The number of hydrogen-bond donors (Lipinski definition) is 0. The van der Waals surface area contributed by atoms with Crippen molar-refractivity contribution in [1.82, 2.24) is 24.6 Å². The molecule has 11 heteroatoms. The van der Waals surface area contributed by atoms with Crippen molar-refractivity contribution in [1.29, 1.82) is 0 Å². The number of carbonyl (C=O) groups is 1. The van der Waals surface area contributed by atoms with E-state index in [1.807, 2.05) is 58.2 Å². The van der Waals surface area contributed by atoms with E-state index in [9.17, 15) is 4.79 Å². The lowest BCUT2D eigenvalue weighted by Gasteiger charge is -2.35. The number of hydrogen-bond acceptors (Lipinski definition) is 8. The average molecular weight is 541 g/mol. The summed E-state index contributed by atoms with van der Waals surface area (Å²) in [7, 11) is 1.66. The number of thiazole rings is 1. The minimum Gasteiger partial charge on any atom is -0.497 e. The zero-order chi connectivity index (χ0) is 25.1. The molecule has 0 N–H and O–H groups in total. The standard InChI is InChI=1S/C25H25ClN6O2S2/c1-17-28-29-25(32(17)20-5-3-4-18(26)14-20)36-16-23-27-22(15-35-23)24(33)31-12-10-30(11-13-31)19-6-8-21(34-2)9-7-19/h3-9,14-15H,10-13,16H2,1-2H3. The molecule has 8 nitrogen and oxygen atoms in total. The number of carbonyl (C=O) groups excluding carboxylic acids is 1. The van der Waals surface area contributed by atoms with Crippen molar-refractivity contribution >= 4 is 46.3 Å². The number of methoxy groups -OCH3 is 1. The van der Waals surface area contributed by atoms with Gasteiger partial charge in [0.05, 0.1) is 18.6 Å². The van der Waals surface area contributed by atoms with Crippen LogP contribution in [0.2, 0.25) is 5.02 Å². The first-order valence-electron chi connectivity index (χ1n) is 11.5. The van der Waals surface area contributed by atoms with Crippen LogP contribution >= 0.6 is 34.7 Å². The fraction of sp³-hybridized carbons (Fsp3) is 0.280. The molecule has 3 heterocycles. The second-order valence-electron chi connectivity index (χ2n) is 8.24. The lowest BCUT2D eigenvalue weighted by Crippen LogP contribution is -2.48. The summed E-state index contributed by atoms with van der Waals surface area (Å²) in [6.45, 7) is 4.79. The van der Waals surface area contributed by atoms with Crippen LogP contribution in [-0.4, -0.2) is 63.8 Å². The molecule has 0 unspecified atom stereocenters. The average Bonchev–Trinajstić information content (AvgIpc) is 3.53. The first-order valence-corrected chi connectivity index (χ1v) is 13.7. The van der Waals surface area contributed by atoms with Crippen molar-refractivity contribution in [3.05, 3.63) is 75.5 Å². The number of ether oxygens (including phenoxy) is 1. The van der Waals surface area contributed by atoms with Gasteiger partial charge in [0.15, 0.2) is 5.16 Å². The third-order valence-electron chi connectivity index (χ3n) is 5.96. The first-order chi connectivity index (χ1) is 17.5. The maximum absolute atomic E-state index is 13.1. The van der Waals surface area contributed by atoms with Crippen LogP contribution in [0, 0.1) is 6.92 Å². The Hall–Kier alpha value is -3.08. The molecule has 1 aliphatic heterocycles. The highest BCUT2D eigenvalue weighted by atomic mass is 35.5. The summed E-state index contributed by atoms with van der Waals surface area (Å²) in [6.07, 6.45) is 0. The normalized spacial score (nSPS) is 13.8. The summed E-state index contributed by atoms with van der Waals surface area (Å²) < 4.78 is 7.21. The Morgan fingerprint density at radius 2 is 1.86 bits per heavy atom. The molecule has 0 spiro atoms. The summed E-state index contributed by atoms with van der Waals surface area (Å²) in [6, 6.07) is 15.6. The number of aryl methyl sites for hydroxylation is 1. The fourth-order valence-electron chi connectivity index (χ4n) is 4.07. The monoisotopic (exact) mass is 540 g/mol. The molecule has 0 bridgehead atoms. The van der Waals surface area contributed by atoms with E-state index in [-0.39, 0.29) is 5.91 Å². The fourth-order valence-corrected chi connectivity index (χ4v) is 6.04. The van der Waals surface area contributed by atoms with Crippen molar-refractivity contribution in [2.45, 2.75) is 17.8 Å². The zero-order valence-electron chi connectivity index (χ0n) is 19.9. The number of nitrogens with zero attached hydrogens (tertiary/aromatic N) is 6. The molecule has 1 amide bonds. The van der Waals surface area contributed by atoms with Crippen molar-refractivity contribution < 1.29 is 9.53 Å². The van der Waals surface area contributed by atoms with E-state index in [0.29, 0.717) is 29.6 Å². The van der Waals surface area contributed by atoms with Crippen LogP contribution in [0.5, 0.6) is 5.75 Å². The topological polar surface area (TPSA) is 76.4 Å². The van der Waals surface area contributed by atoms with Crippen molar-refractivity contribution in [3.63, 3.8) is 0 Å². The molecule has 36 heavy (non-hydrogen) atoms. The zero-order valence-corrected chi connectivity index (χ0v) is 22.3. The Morgan fingerprint density at radius 3 is 2.58 bits per heavy atom. The molecule has 1 fully saturated rings. The van der Waals surface area contributed by atoms with Crippen LogP contribution < -0.4 is 9.64 Å². The Morgan fingerprint density at radius 1 is 1.08 bits per heavy atom. The second kappa shape index (κ2) is 10.9. The largest absolute Gasteiger partial charge is 0.497 e. The lowest BCUT2D eigenvalue weighted by atomic mass is 10.2. The minimum atomic E-state index is -0.0187. The Bertz CT molecular complexity index is 1350. The molecule has 0 saturated carbocycles. The second-order valence-corrected chi connectivity index (χ2v) is 10.6. The predicted octanol–water partition coefficient (Wildman–Crippen LogP) is 4.95. The number of amides is 1. The molecule has 0 atom stereocenters. The van der Waals surface area contributed by atoms with Gasteiger partial charge in [0, 0.05) is 42.3 Å². The van der Waals surface area contributed by atoms with Gasteiger partial charge in [-0.2, -0.15) is 0 Å². The number of aromatic nitrogens is 4. The van der Waals surface area contributed by atoms with Crippen molar-refractivity contribution in [3.8, 4) is 11.4 Å². The number of piperazine rings is 1. The van der Waals surface area contributed by atoms with E-state index in [2.05, 4.69) is 32.2 Å². The number of halogens is 1. The van der Waals surface area contributed by atoms with E-state index in [1.165, 1.54) is 23.1 Å². The van der Waals surface area contributed by atoms with E-state index < -0.39 is 0 Å². The number of rotatable bonds is 7. The molecular formula is C25H25ClN6O2S2. The Labute approximate surface area is 222 Å². The van der Waals surface area contributed by atoms with E-state index in [4.69, 9.17) is 16.3 Å². The molecule has 2 aromatic carbocycles. The highest BCUT2D eigenvalue weighted by molar-refractivity contribution is 7.98. The van der Waals surface area contributed by atoms with Gasteiger partial charge in [-0.05, 0) is 49.4 Å². The minimum absolute atomic E-state index is 0.0187. The van der Waals surface area contributed by atoms with Gasteiger partial charge in [-0.25, -0.2) is 4.98 Å². The molecule has 186 valence electrons. The van der Waals surface area contributed by atoms with Crippen LogP contribution in [0.4, 0.5) is 5.69 Å². The quantitative estimate of drug-likeness (QED) is 0.307. The summed E-state index contributed by atoms with van der Waals surface area (Å²) in [5.74, 6) is 2.20. The van der Waals surface area contributed by atoms with Gasteiger partial charge in [-0.15, -0.1) is 21.5 Å². The first kappa shape index (κ1) is 24.6. The van der Waals surface area contributed by atoms with Gasteiger partial charge in [-0.3, -0.25) is 9.36 Å². The third-order valence-corrected chi connectivity index (χ3v) is 8.17. The highest BCUT2D eigenvalue weighted by Gasteiger charge is 2.24. The van der Waals surface area contributed by atoms with Crippen molar-refractivity contribution in [2.75, 3.05) is 38.2 Å². The van der Waals surface area contributed by atoms with Gasteiger partial charge in [0.1, 0.15) is 22.3 Å². The SMILES string of the molecule is COc1ccc(N2CCN(C(=O)c3csc(CSc4nnc(C)n4-c4cccc(Cl)c4)n3)CC2)cc1. The number of benzene rings is 2. The molecular weight excluding hydrogens is 516 g/mol. The molecule has 0 aliphatic carbocycles. The predicted molar refractivity (Wildman–Crippen MR) is 144 cm³/mol. The van der Waals surface area contributed by atoms with Crippen LogP contribution in [-0.2, 0) is 5.75 Å². The summed E-state index contributed by atoms with van der Waals surface area (Å²) in [4.78, 5) is 21.9. The maximum Gasteiger partial charge on any atom is 0.273 e. The number of anilines is 1. The van der Waals surface area contributed by atoms with E-state index in [0.717, 1.165) is 46.2 Å². The molecule has 2 aromatic heterocycles. The van der Waals surface area contributed by atoms with Gasteiger partial charge in [0.25, 0.3) is 5.91 Å². The van der Waals surface area contributed by atoms with Gasteiger partial charge in [-0.1, -0.05) is 29.4 Å². The van der Waals surface area contributed by atoms with Crippen LogP contribution in [0.25, 0.3) is 5.69 Å². The Balaban J connectivity index is 1.19. The Kier molecular flexibility index (Phi) is 7.45. The number of thioether (sulfide) groups is 1. The molecule has 5 rings (SSSR count). The van der Waals surface area contributed by atoms with Crippen LogP contribution in [0.3, 0.4) is 0 Å². The molecule has 1 aliphatic rings. The summed E-state index contributed by atoms with van der Waals surface area (Å²) >= 11 is 9.20. The lowest BCUT2D eigenvalue weighted by molar-refractivity contribution is 0.0741. The third kappa shape index (κ3) is 5.35. The van der Waals surface area contributed by atoms with E-state index >= 15 is 0 Å².